The molecule has 96 valence electrons. The van der Waals surface area contributed by atoms with Gasteiger partial charge in [0.25, 0.3) is 0 Å². The van der Waals surface area contributed by atoms with Crippen LogP contribution in [0.25, 0.3) is 0 Å². The van der Waals surface area contributed by atoms with Crippen molar-refractivity contribution in [2.24, 2.45) is 0 Å². The number of ether oxygens (including phenoxy) is 1. The molecule has 17 heavy (non-hydrogen) atoms. The Balaban J connectivity index is 1.80. The Kier molecular flexibility index (Phi) is 4.53. The molecule has 0 bridgehead atoms. The summed E-state index contributed by atoms with van der Waals surface area (Å²) in [5.41, 5.74) is 1.15. The first-order valence-corrected chi connectivity index (χ1v) is 6.22. The van der Waals surface area contributed by atoms with Crippen molar-refractivity contribution in [2.45, 2.75) is 44.5 Å². The molecule has 2 unspecified atom stereocenters. The molecule has 0 aliphatic heterocycles. The molecule has 2 atom stereocenters. The maximum Gasteiger partial charge on any atom is 0.0724 e. The Morgan fingerprint density at radius 1 is 1.59 bits per heavy atom. The molecule has 0 aromatic carbocycles. The van der Waals surface area contributed by atoms with Crippen LogP contribution in [0.5, 0.6) is 0 Å². The van der Waals surface area contributed by atoms with E-state index in [1.165, 1.54) is 12.8 Å². The Morgan fingerprint density at radius 3 is 3.24 bits per heavy atom. The highest BCUT2D eigenvalue weighted by atomic mass is 16.5. The molecule has 0 radical (unpaired) electrons. The summed E-state index contributed by atoms with van der Waals surface area (Å²) in [6, 6.07) is 0.459. The Morgan fingerprint density at radius 2 is 2.47 bits per heavy atom. The van der Waals surface area contributed by atoms with Gasteiger partial charge in [-0.15, -0.1) is 0 Å². The lowest BCUT2D eigenvalue weighted by Crippen LogP contribution is -2.36. The lowest BCUT2D eigenvalue weighted by Gasteiger charge is -2.19. The average molecular weight is 239 g/mol. The summed E-state index contributed by atoms with van der Waals surface area (Å²) in [5.74, 6) is 0. The van der Waals surface area contributed by atoms with Crippen molar-refractivity contribution in [3.05, 3.63) is 18.0 Å². The van der Waals surface area contributed by atoms with Crippen LogP contribution in [0.2, 0.25) is 0 Å². The lowest BCUT2D eigenvalue weighted by molar-refractivity contribution is 0.0847. The molecule has 5 nitrogen and oxygen atoms in total. The number of aromatic nitrogens is 2. The number of nitrogens with one attached hydrogen (secondary N) is 1. The van der Waals surface area contributed by atoms with Crippen LogP contribution in [0.3, 0.4) is 0 Å². The van der Waals surface area contributed by atoms with E-state index in [-0.39, 0.29) is 6.61 Å². The monoisotopic (exact) mass is 239 g/mol. The van der Waals surface area contributed by atoms with Gasteiger partial charge in [-0.3, -0.25) is 4.68 Å². The van der Waals surface area contributed by atoms with Gasteiger partial charge in [-0.1, -0.05) is 0 Å². The van der Waals surface area contributed by atoms with Crippen molar-refractivity contribution >= 4 is 0 Å². The molecule has 1 aliphatic carbocycles. The van der Waals surface area contributed by atoms with Gasteiger partial charge in [0.05, 0.1) is 25.5 Å². The van der Waals surface area contributed by atoms with Crippen LogP contribution in [-0.2, 0) is 17.8 Å². The van der Waals surface area contributed by atoms with Gasteiger partial charge in [0.1, 0.15) is 0 Å². The van der Waals surface area contributed by atoms with Crippen LogP contribution >= 0.6 is 0 Å². The second-order valence-corrected chi connectivity index (χ2v) is 4.53. The van der Waals surface area contributed by atoms with Crippen molar-refractivity contribution in [1.82, 2.24) is 15.1 Å². The Hall–Kier alpha value is -0.910. The summed E-state index contributed by atoms with van der Waals surface area (Å²) >= 11 is 0. The number of methoxy groups -OCH3 is 1. The number of aliphatic hydroxyl groups excluding tert-OH is 1. The second kappa shape index (κ2) is 6.14. The normalized spacial score (nSPS) is 24.4. The molecule has 1 fully saturated rings. The van der Waals surface area contributed by atoms with Gasteiger partial charge in [-0.05, 0) is 19.3 Å². The van der Waals surface area contributed by atoms with Crippen LogP contribution in [0, 0.1) is 0 Å². The summed E-state index contributed by atoms with van der Waals surface area (Å²) in [4.78, 5) is 0. The van der Waals surface area contributed by atoms with Crippen molar-refractivity contribution in [2.75, 3.05) is 13.7 Å². The number of hydrogen-bond donors (Lipinski definition) is 2. The fourth-order valence-corrected chi connectivity index (χ4v) is 2.41. The molecule has 1 heterocycles. The summed E-state index contributed by atoms with van der Waals surface area (Å²) in [6.45, 7) is 1.50. The zero-order valence-corrected chi connectivity index (χ0v) is 10.3. The van der Waals surface area contributed by atoms with E-state index in [1.807, 2.05) is 12.4 Å². The first-order chi connectivity index (χ1) is 8.33. The first-order valence-electron chi connectivity index (χ1n) is 6.22. The van der Waals surface area contributed by atoms with Crippen molar-refractivity contribution < 1.29 is 9.84 Å². The molecule has 1 saturated carbocycles. The van der Waals surface area contributed by atoms with E-state index in [0.717, 1.165) is 18.5 Å². The van der Waals surface area contributed by atoms with Crippen molar-refractivity contribution in [1.29, 1.82) is 0 Å². The van der Waals surface area contributed by atoms with Crippen LogP contribution in [-0.4, -0.2) is 40.7 Å². The van der Waals surface area contributed by atoms with Gasteiger partial charge in [-0.25, -0.2) is 0 Å². The SMILES string of the molecule is COC1CCCC1NCc1cnn(CCO)c1. The fourth-order valence-electron chi connectivity index (χ4n) is 2.41. The van der Waals surface area contributed by atoms with E-state index >= 15 is 0 Å². The number of hydrogen-bond acceptors (Lipinski definition) is 4. The van der Waals surface area contributed by atoms with Gasteiger partial charge >= 0.3 is 0 Å². The van der Waals surface area contributed by atoms with Gasteiger partial charge in [0.15, 0.2) is 0 Å². The number of rotatable bonds is 6. The standard InChI is InChI=1S/C12H21N3O2/c1-17-12-4-2-3-11(12)13-7-10-8-14-15(9-10)5-6-16/h8-9,11-13,16H,2-7H2,1H3. The number of aliphatic hydroxyl groups is 1. The van der Waals surface area contributed by atoms with Gasteiger partial charge in [0.2, 0.25) is 0 Å². The number of nitrogens with zero attached hydrogens (tertiary/aromatic N) is 2. The van der Waals surface area contributed by atoms with Crippen LogP contribution in [0.4, 0.5) is 0 Å². The summed E-state index contributed by atoms with van der Waals surface area (Å²) in [7, 11) is 1.78. The molecule has 0 amide bonds. The van der Waals surface area contributed by atoms with Crippen LogP contribution in [0.15, 0.2) is 12.4 Å². The summed E-state index contributed by atoms with van der Waals surface area (Å²) in [5, 5.41) is 16.5. The minimum Gasteiger partial charge on any atom is -0.394 e. The topological polar surface area (TPSA) is 59.3 Å². The largest absolute Gasteiger partial charge is 0.394 e. The van der Waals surface area contributed by atoms with Crippen LogP contribution < -0.4 is 5.32 Å². The zero-order valence-electron chi connectivity index (χ0n) is 10.3. The summed E-state index contributed by atoms with van der Waals surface area (Å²) < 4.78 is 7.20. The van der Waals surface area contributed by atoms with E-state index in [4.69, 9.17) is 9.84 Å². The molecular weight excluding hydrogens is 218 g/mol. The minimum atomic E-state index is 0.128. The predicted octanol–water partition coefficient (Wildman–Crippen LogP) is 0.532. The molecule has 0 saturated heterocycles. The molecule has 1 aromatic rings. The Bertz CT molecular complexity index is 340. The van der Waals surface area contributed by atoms with E-state index < -0.39 is 0 Å². The van der Waals surface area contributed by atoms with E-state index in [2.05, 4.69) is 10.4 Å². The van der Waals surface area contributed by atoms with Crippen LogP contribution in [0.1, 0.15) is 24.8 Å². The van der Waals surface area contributed by atoms with Gasteiger partial charge in [0, 0.05) is 31.5 Å². The molecule has 1 aliphatic rings. The third-order valence-electron chi connectivity index (χ3n) is 3.34. The van der Waals surface area contributed by atoms with Crippen molar-refractivity contribution in [3.8, 4) is 0 Å². The third kappa shape index (κ3) is 3.28. The minimum absolute atomic E-state index is 0.128. The third-order valence-corrected chi connectivity index (χ3v) is 3.34. The zero-order chi connectivity index (χ0) is 12.1. The lowest BCUT2D eigenvalue weighted by atomic mass is 10.2. The molecule has 1 aromatic heterocycles. The highest BCUT2D eigenvalue weighted by Crippen LogP contribution is 2.21. The highest BCUT2D eigenvalue weighted by molar-refractivity contribution is 5.04. The average Bonchev–Trinajstić information content (AvgIpc) is 2.95. The van der Waals surface area contributed by atoms with E-state index in [9.17, 15) is 0 Å². The molecule has 0 spiro atoms. The fraction of sp³-hybridized carbons (Fsp3) is 0.750. The second-order valence-electron chi connectivity index (χ2n) is 4.53. The maximum atomic E-state index is 8.81. The van der Waals surface area contributed by atoms with E-state index in [1.54, 1.807) is 11.8 Å². The molecular formula is C12H21N3O2. The molecule has 2 rings (SSSR count). The Labute approximate surface area is 102 Å². The van der Waals surface area contributed by atoms with Gasteiger partial charge < -0.3 is 15.2 Å². The highest BCUT2D eigenvalue weighted by Gasteiger charge is 2.26. The van der Waals surface area contributed by atoms with Crippen molar-refractivity contribution in [3.63, 3.8) is 0 Å². The smallest absolute Gasteiger partial charge is 0.0724 e. The van der Waals surface area contributed by atoms with E-state index in [0.29, 0.717) is 18.7 Å². The summed E-state index contributed by atoms with van der Waals surface area (Å²) in [6.07, 6.45) is 7.74. The van der Waals surface area contributed by atoms with Gasteiger partial charge in [-0.2, -0.15) is 5.10 Å². The predicted molar refractivity (Wildman–Crippen MR) is 64.6 cm³/mol. The molecule has 2 N–H and O–H groups in total. The molecule has 5 heteroatoms. The maximum absolute atomic E-state index is 8.81. The quantitative estimate of drug-likeness (QED) is 0.760. The first kappa shape index (κ1) is 12.5.